The topological polar surface area (TPSA) is 65.1 Å². The summed E-state index contributed by atoms with van der Waals surface area (Å²) < 4.78 is 5.32. The van der Waals surface area contributed by atoms with Crippen molar-refractivity contribution in [1.82, 2.24) is 20.0 Å². The Kier molecular flexibility index (Phi) is 7.69. The first kappa shape index (κ1) is 22.0. The fraction of sp³-hybridized carbons (Fsp3) is 0.478. The Hall–Kier alpha value is -2.26. The minimum atomic E-state index is -0.124. The summed E-state index contributed by atoms with van der Waals surface area (Å²) in [5, 5.41) is 5.25. The smallest absolute Gasteiger partial charge is 0.236 e. The Bertz CT molecular complexity index is 832. The largest absolute Gasteiger partial charge is 0.378 e. The van der Waals surface area contributed by atoms with Gasteiger partial charge in [-0.2, -0.15) is 0 Å². The van der Waals surface area contributed by atoms with Gasteiger partial charge in [-0.25, -0.2) is 0 Å². The van der Waals surface area contributed by atoms with Crippen LogP contribution in [0, 0.1) is 0 Å². The van der Waals surface area contributed by atoms with Crippen LogP contribution in [-0.2, 0) is 14.3 Å². The molecule has 2 fully saturated rings. The Labute approximate surface area is 187 Å². The van der Waals surface area contributed by atoms with E-state index in [0.29, 0.717) is 39.4 Å². The van der Waals surface area contributed by atoms with Crippen molar-refractivity contribution in [2.75, 3.05) is 65.6 Å². The molecule has 4 rings (SSSR count). The van der Waals surface area contributed by atoms with E-state index in [1.807, 2.05) is 34.5 Å². The number of piperazine rings is 1. The van der Waals surface area contributed by atoms with Crippen LogP contribution in [0.3, 0.4) is 0 Å². The summed E-state index contributed by atoms with van der Waals surface area (Å²) in [6.45, 7) is 6.64. The molecule has 7 nitrogen and oxygen atoms in total. The first-order valence-electron chi connectivity index (χ1n) is 10.9. The van der Waals surface area contributed by atoms with Gasteiger partial charge < -0.3 is 15.0 Å². The van der Waals surface area contributed by atoms with Gasteiger partial charge in [-0.3, -0.25) is 19.4 Å². The molecule has 1 N–H and O–H groups in total. The Morgan fingerprint density at radius 1 is 0.903 bits per heavy atom. The van der Waals surface area contributed by atoms with Gasteiger partial charge in [-0.05, 0) is 17.0 Å². The second kappa shape index (κ2) is 10.9. The molecule has 1 atom stereocenters. The molecule has 0 aliphatic carbocycles. The minimum Gasteiger partial charge on any atom is -0.378 e. The highest BCUT2D eigenvalue weighted by Crippen LogP contribution is 2.25. The number of carbonyl (C=O) groups is 2. The molecule has 0 unspecified atom stereocenters. The number of nitrogens with one attached hydrogen (secondary N) is 1. The van der Waals surface area contributed by atoms with Gasteiger partial charge in [0.15, 0.2) is 0 Å². The maximum Gasteiger partial charge on any atom is 0.236 e. The summed E-state index contributed by atoms with van der Waals surface area (Å²) in [7, 11) is 0. The SMILES string of the molecule is O=C(CN1CCN(CC(=O)N2CCOCC2)CC1)N[C@@H](c1ccccc1)c1cccs1. The van der Waals surface area contributed by atoms with E-state index in [0.717, 1.165) is 36.6 Å². The fourth-order valence-electron chi connectivity index (χ4n) is 4.04. The molecule has 2 aliphatic heterocycles. The van der Waals surface area contributed by atoms with Crippen molar-refractivity contribution in [3.63, 3.8) is 0 Å². The van der Waals surface area contributed by atoms with Crippen molar-refractivity contribution < 1.29 is 14.3 Å². The van der Waals surface area contributed by atoms with E-state index in [-0.39, 0.29) is 17.9 Å². The molecular formula is C23H30N4O3S. The summed E-state index contributed by atoms with van der Waals surface area (Å²) in [6.07, 6.45) is 0. The molecule has 0 radical (unpaired) electrons. The predicted octanol–water partition coefficient (Wildman–Crippen LogP) is 1.43. The predicted molar refractivity (Wildman–Crippen MR) is 121 cm³/mol. The zero-order chi connectivity index (χ0) is 21.5. The van der Waals surface area contributed by atoms with Gasteiger partial charge in [-0.1, -0.05) is 36.4 Å². The van der Waals surface area contributed by atoms with Gasteiger partial charge in [0.2, 0.25) is 11.8 Å². The normalized spacial score (nSPS) is 19.2. The second-order valence-electron chi connectivity index (χ2n) is 7.97. The number of ether oxygens (including phenoxy) is 1. The Balaban J connectivity index is 1.25. The molecule has 0 bridgehead atoms. The standard InChI is InChI=1S/C23H30N4O3S/c28-21(24-23(20-7-4-16-31-20)19-5-2-1-3-6-19)17-25-8-10-26(11-9-25)18-22(29)27-12-14-30-15-13-27/h1-7,16,23H,8-15,17-18H2,(H,24,28)/t23-/m0/s1. The molecular weight excluding hydrogens is 412 g/mol. The number of nitrogens with zero attached hydrogens (tertiary/aromatic N) is 3. The van der Waals surface area contributed by atoms with E-state index in [2.05, 4.69) is 33.3 Å². The van der Waals surface area contributed by atoms with Gasteiger partial charge in [-0.15, -0.1) is 11.3 Å². The maximum absolute atomic E-state index is 12.8. The lowest BCUT2D eigenvalue weighted by Crippen LogP contribution is -2.53. The number of benzene rings is 1. The number of morpholine rings is 1. The monoisotopic (exact) mass is 442 g/mol. The van der Waals surface area contributed by atoms with Crippen LogP contribution in [0.4, 0.5) is 0 Å². The van der Waals surface area contributed by atoms with Crippen molar-refractivity contribution in [3.05, 3.63) is 58.3 Å². The molecule has 2 amide bonds. The molecule has 2 aliphatic rings. The number of carbonyl (C=O) groups excluding carboxylic acids is 2. The molecule has 8 heteroatoms. The second-order valence-corrected chi connectivity index (χ2v) is 8.95. The first-order valence-corrected chi connectivity index (χ1v) is 11.7. The van der Waals surface area contributed by atoms with E-state index in [4.69, 9.17) is 4.74 Å². The van der Waals surface area contributed by atoms with Crippen LogP contribution in [0.2, 0.25) is 0 Å². The summed E-state index contributed by atoms with van der Waals surface area (Å²) in [5.41, 5.74) is 1.09. The molecule has 31 heavy (non-hydrogen) atoms. The fourth-order valence-corrected chi connectivity index (χ4v) is 4.84. The zero-order valence-corrected chi connectivity index (χ0v) is 18.6. The van der Waals surface area contributed by atoms with Gasteiger partial charge in [0, 0.05) is 44.1 Å². The third-order valence-corrected chi connectivity index (χ3v) is 6.76. The maximum atomic E-state index is 12.8. The summed E-state index contributed by atoms with van der Waals surface area (Å²) >= 11 is 1.65. The summed E-state index contributed by atoms with van der Waals surface area (Å²) in [5.74, 6) is 0.205. The number of thiophene rings is 1. The van der Waals surface area contributed by atoms with Crippen LogP contribution in [0.5, 0.6) is 0 Å². The van der Waals surface area contributed by atoms with Gasteiger partial charge >= 0.3 is 0 Å². The molecule has 0 saturated carbocycles. The van der Waals surface area contributed by atoms with Crippen molar-refractivity contribution in [1.29, 1.82) is 0 Å². The van der Waals surface area contributed by atoms with Crippen molar-refractivity contribution in [2.24, 2.45) is 0 Å². The quantitative estimate of drug-likeness (QED) is 0.703. The minimum absolute atomic E-state index is 0.0279. The summed E-state index contributed by atoms with van der Waals surface area (Å²) in [4.78, 5) is 32.6. The number of hydrogen-bond acceptors (Lipinski definition) is 6. The first-order chi connectivity index (χ1) is 15.2. The van der Waals surface area contributed by atoms with E-state index in [1.165, 1.54) is 0 Å². The molecule has 1 aromatic carbocycles. The van der Waals surface area contributed by atoms with Crippen molar-refractivity contribution in [2.45, 2.75) is 6.04 Å². The number of hydrogen-bond donors (Lipinski definition) is 1. The summed E-state index contributed by atoms with van der Waals surface area (Å²) in [6, 6.07) is 14.0. The average Bonchev–Trinajstić information content (AvgIpc) is 3.34. The van der Waals surface area contributed by atoms with Crippen molar-refractivity contribution >= 4 is 23.2 Å². The van der Waals surface area contributed by atoms with Gasteiger partial charge in [0.25, 0.3) is 0 Å². The van der Waals surface area contributed by atoms with Crippen LogP contribution in [0.25, 0.3) is 0 Å². The lowest BCUT2D eigenvalue weighted by atomic mass is 10.1. The lowest BCUT2D eigenvalue weighted by molar-refractivity contribution is -0.137. The van der Waals surface area contributed by atoms with Crippen LogP contribution in [0.1, 0.15) is 16.5 Å². The molecule has 3 heterocycles. The third-order valence-electron chi connectivity index (χ3n) is 5.82. The molecule has 2 aromatic rings. The van der Waals surface area contributed by atoms with E-state index in [9.17, 15) is 9.59 Å². The third kappa shape index (κ3) is 6.13. The molecule has 1 aromatic heterocycles. The van der Waals surface area contributed by atoms with E-state index in [1.54, 1.807) is 11.3 Å². The van der Waals surface area contributed by atoms with Crippen LogP contribution in [-0.4, -0.2) is 92.1 Å². The van der Waals surface area contributed by atoms with Crippen LogP contribution >= 0.6 is 11.3 Å². The van der Waals surface area contributed by atoms with E-state index >= 15 is 0 Å². The Morgan fingerprint density at radius 2 is 1.58 bits per heavy atom. The highest BCUT2D eigenvalue weighted by molar-refractivity contribution is 7.10. The van der Waals surface area contributed by atoms with Gasteiger partial charge in [0.05, 0.1) is 32.3 Å². The zero-order valence-electron chi connectivity index (χ0n) is 17.7. The molecule has 0 spiro atoms. The highest BCUT2D eigenvalue weighted by atomic mass is 32.1. The Morgan fingerprint density at radius 3 is 2.23 bits per heavy atom. The lowest BCUT2D eigenvalue weighted by Gasteiger charge is -2.35. The number of rotatable bonds is 7. The number of amides is 2. The highest BCUT2D eigenvalue weighted by Gasteiger charge is 2.25. The van der Waals surface area contributed by atoms with Crippen LogP contribution in [0.15, 0.2) is 47.8 Å². The van der Waals surface area contributed by atoms with E-state index < -0.39 is 0 Å². The van der Waals surface area contributed by atoms with Gasteiger partial charge in [0.1, 0.15) is 0 Å². The van der Waals surface area contributed by atoms with Crippen LogP contribution < -0.4 is 5.32 Å². The average molecular weight is 443 g/mol. The molecule has 166 valence electrons. The van der Waals surface area contributed by atoms with Crippen molar-refractivity contribution in [3.8, 4) is 0 Å². The molecule has 2 saturated heterocycles.